The van der Waals surface area contributed by atoms with Crippen LogP contribution in [0, 0.1) is 0 Å². The lowest BCUT2D eigenvalue weighted by atomic mass is 9.94. The lowest BCUT2D eigenvalue weighted by Gasteiger charge is -2.38. The number of rotatable bonds is 4. The van der Waals surface area contributed by atoms with Crippen molar-refractivity contribution in [3.05, 3.63) is 35.9 Å². The zero-order valence-electron chi connectivity index (χ0n) is 13.4. The Bertz CT molecular complexity index is 596. The van der Waals surface area contributed by atoms with E-state index >= 15 is 0 Å². The molecule has 0 aliphatic carbocycles. The Morgan fingerprint density at radius 1 is 1.29 bits per heavy atom. The summed E-state index contributed by atoms with van der Waals surface area (Å²) in [5.74, 6) is -0.783. The van der Waals surface area contributed by atoms with E-state index in [0.29, 0.717) is 18.4 Å². The standard InChI is InChI=1S/C17H21NO5.BrH/c1-18-12-7-11(8-13(18)15-14(12)23-15)22-16(20)17(21,9-19)10-5-3-2-4-6-10;/h2-6,11-15,19,21H,7-9H2,1H3;1H/t11?,12-,13+,14-,15-,17?;/m1./s1. The Balaban J connectivity index is 0.00000169. The number of carbonyl (C=O) groups excluding carboxylic acids is 1. The number of epoxide rings is 1. The quantitative estimate of drug-likeness (QED) is 0.569. The van der Waals surface area contributed by atoms with Gasteiger partial charge >= 0.3 is 5.97 Å². The van der Waals surface area contributed by atoms with Crippen LogP contribution in [0.25, 0.3) is 0 Å². The topological polar surface area (TPSA) is 82.5 Å². The number of hydrogen-bond donors (Lipinski definition) is 2. The monoisotopic (exact) mass is 399 g/mol. The van der Waals surface area contributed by atoms with E-state index in [0.717, 1.165) is 0 Å². The molecule has 2 unspecified atom stereocenters. The second-order valence-electron chi connectivity index (χ2n) is 6.75. The van der Waals surface area contributed by atoms with Crippen molar-refractivity contribution in [1.82, 2.24) is 4.90 Å². The number of hydrogen-bond acceptors (Lipinski definition) is 6. The second kappa shape index (κ2) is 6.38. The molecule has 7 heteroatoms. The van der Waals surface area contributed by atoms with Gasteiger partial charge in [-0.25, -0.2) is 4.79 Å². The molecule has 3 aliphatic heterocycles. The maximum absolute atomic E-state index is 12.5. The van der Waals surface area contributed by atoms with Crippen molar-refractivity contribution in [2.24, 2.45) is 0 Å². The molecule has 3 heterocycles. The largest absolute Gasteiger partial charge is 0.460 e. The average Bonchev–Trinajstić information content (AvgIpc) is 3.33. The van der Waals surface area contributed by atoms with Crippen LogP contribution in [0.3, 0.4) is 0 Å². The Morgan fingerprint density at radius 3 is 2.42 bits per heavy atom. The van der Waals surface area contributed by atoms with Crippen molar-refractivity contribution in [2.45, 2.75) is 48.8 Å². The molecule has 0 amide bonds. The first kappa shape index (κ1) is 17.8. The SMILES string of the molecule is Br.CN1[C@@H]2CC(OC(=O)C(O)(CO)c3ccccc3)C[C@H]1[C@H]1O[C@@H]12. The maximum Gasteiger partial charge on any atom is 0.345 e. The molecule has 3 saturated heterocycles. The Hall–Kier alpha value is -0.990. The number of halogens is 1. The number of benzene rings is 1. The summed E-state index contributed by atoms with van der Waals surface area (Å²) in [6.07, 6.45) is 1.69. The lowest BCUT2D eigenvalue weighted by Crippen LogP contribution is -2.50. The van der Waals surface area contributed by atoms with Gasteiger partial charge in [0.1, 0.15) is 18.3 Å². The van der Waals surface area contributed by atoms with E-state index in [1.165, 1.54) is 0 Å². The van der Waals surface area contributed by atoms with E-state index in [1.807, 2.05) is 0 Å². The molecule has 24 heavy (non-hydrogen) atoms. The summed E-state index contributed by atoms with van der Waals surface area (Å²) in [7, 11) is 2.08. The normalized spacial score (nSPS) is 36.2. The highest BCUT2D eigenvalue weighted by molar-refractivity contribution is 8.93. The van der Waals surface area contributed by atoms with Crippen LogP contribution in [0.4, 0.5) is 0 Å². The van der Waals surface area contributed by atoms with Crippen LogP contribution in [0.15, 0.2) is 30.3 Å². The van der Waals surface area contributed by atoms with Crippen LogP contribution in [0.5, 0.6) is 0 Å². The van der Waals surface area contributed by atoms with Gasteiger partial charge in [-0.1, -0.05) is 30.3 Å². The molecule has 0 spiro atoms. The van der Waals surface area contributed by atoms with Crippen molar-refractivity contribution in [3.63, 3.8) is 0 Å². The Labute approximate surface area is 151 Å². The Morgan fingerprint density at radius 2 is 1.88 bits per heavy atom. The summed E-state index contributed by atoms with van der Waals surface area (Å²) < 4.78 is 11.2. The smallest absolute Gasteiger partial charge is 0.345 e. The third-order valence-electron chi connectivity index (χ3n) is 5.47. The molecule has 1 aromatic carbocycles. The number of piperidine rings is 1. The summed E-state index contributed by atoms with van der Waals surface area (Å²) in [6, 6.07) is 8.98. The van der Waals surface area contributed by atoms with Gasteiger partial charge in [-0.05, 0) is 12.6 Å². The van der Waals surface area contributed by atoms with Gasteiger partial charge in [-0.2, -0.15) is 0 Å². The summed E-state index contributed by atoms with van der Waals surface area (Å²) in [5, 5.41) is 20.2. The van der Waals surface area contributed by atoms with Gasteiger partial charge in [-0.3, -0.25) is 4.90 Å². The van der Waals surface area contributed by atoms with Crippen LogP contribution in [0.2, 0.25) is 0 Å². The number of likely N-dealkylation sites (N-methyl/N-ethyl adjacent to an activating group) is 1. The minimum Gasteiger partial charge on any atom is -0.460 e. The molecule has 2 N–H and O–H groups in total. The number of aliphatic hydroxyl groups is 2. The number of morpholine rings is 1. The highest BCUT2D eigenvalue weighted by atomic mass is 79.9. The van der Waals surface area contributed by atoms with E-state index < -0.39 is 18.2 Å². The van der Waals surface area contributed by atoms with Crippen LogP contribution < -0.4 is 0 Å². The summed E-state index contributed by atoms with van der Waals surface area (Å²) >= 11 is 0. The third-order valence-corrected chi connectivity index (χ3v) is 5.47. The molecular formula is C17H22BrNO5. The number of ether oxygens (including phenoxy) is 2. The van der Waals surface area contributed by atoms with Gasteiger partial charge < -0.3 is 19.7 Å². The lowest BCUT2D eigenvalue weighted by molar-refractivity contribution is -0.181. The van der Waals surface area contributed by atoms with Crippen LogP contribution in [-0.2, 0) is 19.9 Å². The van der Waals surface area contributed by atoms with E-state index in [1.54, 1.807) is 30.3 Å². The summed E-state index contributed by atoms with van der Waals surface area (Å²) in [5.41, 5.74) is -1.67. The summed E-state index contributed by atoms with van der Waals surface area (Å²) in [4.78, 5) is 14.8. The molecule has 3 aliphatic rings. The number of esters is 1. The first-order chi connectivity index (χ1) is 11.0. The molecule has 6 nitrogen and oxygen atoms in total. The van der Waals surface area contributed by atoms with E-state index in [9.17, 15) is 15.0 Å². The number of carbonyl (C=O) groups is 1. The molecule has 6 atom stereocenters. The van der Waals surface area contributed by atoms with Crippen molar-refractivity contribution >= 4 is 23.0 Å². The van der Waals surface area contributed by atoms with Crippen molar-refractivity contribution in [3.8, 4) is 0 Å². The molecule has 2 bridgehead atoms. The first-order valence-electron chi connectivity index (χ1n) is 8.02. The predicted molar refractivity (Wildman–Crippen MR) is 90.9 cm³/mol. The highest BCUT2D eigenvalue weighted by Crippen LogP contribution is 2.48. The second-order valence-corrected chi connectivity index (χ2v) is 6.75. The Kier molecular flexibility index (Phi) is 4.74. The van der Waals surface area contributed by atoms with Crippen molar-refractivity contribution < 1.29 is 24.5 Å². The van der Waals surface area contributed by atoms with Crippen LogP contribution in [-0.4, -0.2) is 65.1 Å². The van der Waals surface area contributed by atoms with Crippen molar-refractivity contribution in [1.29, 1.82) is 0 Å². The molecule has 1 aromatic rings. The minimum absolute atomic E-state index is 0. The summed E-state index contributed by atoms with van der Waals surface area (Å²) in [6.45, 7) is -0.705. The number of nitrogens with zero attached hydrogens (tertiary/aromatic N) is 1. The molecule has 3 fully saturated rings. The van der Waals surface area contributed by atoms with Gasteiger partial charge in [0.15, 0.2) is 0 Å². The maximum atomic E-state index is 12.5. The fraction of sp³-hybridized carbons (Fsp3) is 0.588. The molecule has 0 radical (unpaired) electrons. The highest BCUT2D eigenvalue weighted by Gasteiger charge is 2.63. The number of fused-ring (bicyclic) bond motifs is 5. The van der Waals surface area contributed by atoms with E-state index in [-0.39, 0.29) is 47.4 Å². The van der Waals surface area contributed by atoms with Crippen LogP contribution >= 0.6 is 17.0 Å². The molecule has 4 rings (SSSR count). The minimum atomic E-state index is -2.01. The van der Waals surface area contributed by atoms with Gasteiger partial charge in [-0.15, -0.1) is 17.0 Å². The molecule has 0 aromatic heterocycles. The average molecular weight is 400 g/mol. The molecular weight excluding hydrogens is 378 g/mol. The molecule has 0 saturated carbocycles. The van der Waals surface area contributed by atoms with Gasteiger partial charge in [0.2, 0.25) is 5.60 Å². The zero-order chi connectivity index (χ0) is 16.2. The third kappa shape index (κ3) is 2.68. The van der Waals surface area contributed by atoms with Gasteiger partial charge in [0.05, 0.1) is 6.61 Å². The van der Waals surface area contributed by atoms with Crippen molar-refractivity contribution in [2.75, 3.05) is 13.7 Å². The van der Waals surface area contributed by atoms with E-state index in [4.69, 9.17) is 9.47 Å². The first-order valence-corrected chi connectivity index (χ1v) is 8.02. The fourth-order valence-corrected chi connectivity index (χ4v) is 4.03. The van der Waals surface area contributed by atoms with Gasteiger partial charge in [0.25, 0.3) is 0 Å². The number of aliphatic hydroxyl groups excluding tert-OH is 1. The molecule has 132 valence electrons. The van der Waals surface area contributed by atoms with E-state index in [2.05, 4.69) is 11.9 Å². The van der Waals surface area contributed by atoms with Crippen LogP contribution in [0.1, 0.15) is 18.4 Å². The fourth-order valence-electron chi connectivity index (χ4n) is 4.03. The van der Waals surface area contributed by atoms with Gasteiger partial charge in [0, 0.05) is 24.9 Å². The zero-order valence-corrected chi connectivity index (χ0v) is 15.1. The predicted octanol–water partition coefficient (Wildman–Crippen LogP) is 0.600.